The molecule has 22 heavy (non-hydrogen) atoms. The standard InChI is InChI=1S/C18H19N3O/c1-13(2)15-8-4-6-10-17(15)20-12-18(22)21-16-9-5-3-7-14(16)11-19/h3-10,13,20H,12H2,1-2H3,(H,21,22). The zero-order chi connectivity index (χ0) is 15.9. The van der Waals surface area contributed by atoms with Gasteiger partial charge in [-0.2, -0.15) is 5.26 Å². The summed E-state index contributed by atoms with van der Waals surface area (Å²) in [5, 5.41) is 14.9. The van der Waals surface area contributed by atoms with Crippen molar-refractivity contribution < 1.29 is 4.79 Å². The van der Waals surface area contributed by atoms with Crippen molar-refractivity contribution in [3.05, 3.63) is 59.7 Å². The molecule has 2 rings (SSSR count). The maximum Gasteiger partial charge on any atom is 0.243 e. The summed E-state index contributed by atoms with van der Waals surface area (Å²) in [6.45, 7) is 4.39. The predicted molar refractivity (Wildman–Crippen MR) is 88.8 cm³/mol. The molecule has 4 heteroatoms. The highest BCUT2D eigenvalue weighted by molar-refractivity contribution is 5.95. The highest BCUT2D eigenvalue weighted by Crippen LogP contribution is 2.23. The minimum Gasteiger partial charge on any atom is -0.376 e. The molecule has 2 aromatic carbocycles. The molecule has 2 N–H and O–H groups in total. The van der Waals surface area contributed by atoms with Crippen LogP contribution in [0.5, 0.6) is 0 Å². The van der Waals surface area contributed by atoms with E-state index < -0.39 is 0 Å². The van der Waals surface area contributed by atoms with E-state index in [4.69, 9.17) is 5.26 Å². The van der Waals surface area contributed by atoms with Crippen molar-refractivity contribution in [2.24, 2.45) is 0 Å². The first kappa shape index (κ1) is 15.6. The van der Waals surface area contributed by atoms with Gasteiger partial charge in [0.1, 0.15) is 6.07 Å². The summed E-state index contributed by atoms with van der Waals surface area (Å²) in [7, 11) is 0. The highest BCUT2D eigenvalue weighted by Gasteiger charge is 2.09. The number of nitriles is 1. The van der Waals surface area contributed by atoms with E-state index >= 15 is 0 Å². The molecule has 0 saturated carbocycles. The number of nitrogens with zero attached hydrogens (tertiary/aromatic N) is 1. The van der Waals surface area contributed by atoms with Crippen molar-refractivity contribution in [1.82, 2.24) is 0 Å². The van der Waals surface area contributed by atoms with Gasteiger partial charge in [0.15, 0.2) is 0 Å². The summed E-state index contributed by atoms with van der Waals surface area (Å²) >= 11 is 0. The Morgan fingerprint density at radius 3 is 2.41 bits per heavy atom. The van der Waals surface area contributed by atoms with Crippen molar-refractivity contribution in [2.75, 3.05) is 17.2 Å². The van der Waals surface area contributed by atoms with Gasteiger partial charge in [0.2, 0.25) is 5.91 Å². The van der Waals surface area contributed by atoms with Crippen LogP contribution in [0.3, 0.4) is 0 Å². The molecular weight excluding hydrogens is 274 g/mol. The van der Waals surface area contributed by atoms with Crippen molar-refractivity contribution >= 4 is 17.3 Å². The van der Waals surface area contributed by atoms with E-state index in [0.717, 1.165) is 5.69 Å². The second kappa shape index (κ2) is 7.28. The van der Waals surface area contributed by atoms with Crippen LogP contribution in [-0.2, 0) is 4.79 Å². The van der Waals surface area contributed by atoms with Gasteiger partial charge in [-0.3, -0.25) is 4.79 Å². The van der Waals surface area contributed by atoms with Crippen LogP contribution in [0.4, 0.5) is 11.4 Å². The lowest BCUT2D eigenvalue weighted by molar-refractivity contribution is -0.114. The molecule has 112 valence electrons. The van der Waals surface area contributed by atoms with Crippen molar-refractivity contribution in [1.29, 1.82) is 5.26 Å². The zero-order valence-electron chi connectivity index (χ0n) is 12.8. The van der Waals surface area contributed by atoms with Crippen LogP contribution >= 0.6 is 0 Å². The molecule has 0 saturated heterocycles. The Bertz CT molecular complexity index is 701. The number of rotatable bonds is 5. The molecule has 0 fully saturated rings. The van der Waals surface area contributed by atoms with Gasteiger partial charge < -0.3 is 10.6 Å². The second-order valence-corrected chi connectivity index (χ2v) is 5.30. The van der Waals surface area contributed by atoms with Gasteiger partial charge in [0, 0.05) is 5.69 Å². The van der Waals surface area contributed by atoms with E-state index in [1.807, 2.05) is 18.2 Å². The predicted octanol–water partition coefficient (Wildman–Crippen LogP) is 3.73. The van der Waals surface area contributed by atoms with Gasteiger partial charge in [-0.25, -0.2) is 0 Å². The first-order valence-corrected chi connectivity index (χ1v) is 7.23. The molecule has 0 aliphatic rings. The van der Waals surface area contributed by atoms with Crippen LogP contribution in [0.15, 0.2) is 48.5 Å². The van der Waals surface area contributed by atoms with E-state index in [-0.39, 0.29) is 12.5 Å². The molecular formula is C18H19N3O. The average molecular weight is 293 g/mol. The van der Waals surface area contributed by atoms with E-state index in [2.05, 4.69) is 36.6 Å². The molecule has 0 aromatic heterocycles. The first-order chi connectivity index (χ1) is 10.6. The van der Waals surface area contributed by atoms with Gasteiger partial charge in [0.05, 0.1) is 17.8 Å². The van der Waals surface area contributed by atoms with Crippen LogP contribution < -0.4 is 10.6 Å². The Balaban J connectivity index is 2.01. The van der Waals surface area contributed by atoms with Crippen molar-refractivity contribution in [3.63, 3.8) is 0 Å². The summed E-state index contributed by atoms with van der Waals surface area (Å²) in [5.74, 6) is 0.201. The molecule has 0 aliphatic heterocycles. The summed E-state index contributed by atoms with van der Waals surface area (Å²) in [6.07, 6.45) is 0. The number of anilines is 2. The number of nitrogens with one attached hydrogen (secondary N) is 2. The Morgan fingerprint density at radius 1 is 1.09 bits per heavy atom. The molecule has 4 nitrogen and oxygen atoms in total. The highest BCUT2D eigenvalue weighted by atomic mass is 16.1. The molecule has 0 radical (unpaired) electrons. The number of amides is 1. The Labute approximate surface area is 130 Å². The fourth-order valence-electron chi connectivity index (χ4n) is 2.22. The SMILES string of the molecule is CC(C)c1ccccc1NCC(=O)Nc1ccccc1C#N. The Hall–Kier alpha value is -2.80. The molecule has 2 aromatic rings. The lowest BCUT2D eigenvalue weighted by Gasteiger charge is -2.14. The lowest BCUT2D eigenvalue weighted by atomic mass is 10.0. The average Bonchev–Trinajstić information content (AvgIpc) is 2.53. The van der Waals surface area contributed by atoms with Crippen LogP contribution in [0, 0.1) is 11.3 Å². The first-order valence-electron chi connectivity index (χ1n) is 7.23. The van der Waals surface area contributed by atoms with Crippen molar-refractivity contribution in [3.8, 4) is 6.07 Å². The third-order valence-electron chi connectivity index (χ3n) is 3.34. The van der Waals surface area contributed by atoms with Gasteiger partial charge in [-0.1, -0.05) is 44.2 Å². The van der Waals surface area contributed by atoms with Gasteiger partial charge in [0.25, 0.3) is 0 Å². The number of hydrogen-bond donors (Lipinski definition) is 2. The number of carbonyl (C=O) groups is 1. The molecule has 0 spiro atoms. The van der Waals surface area contributed by atoms with Crippen LogP contribution in [0.1, 0.15) is 30.9 Å². The maximum atomic E-state index is 12.1. The molecule has 0 heterocycles. The maximum absolute atomic E-state index is 12.1. The topological polar surface area (TPSA) is 64.9 Å². The van der Waals surface area contributed by atoms with Crippen LogP contribution in [-0.4, -0.2) is 12.5 Å². The van der Waals surface area contributed by atoms with Crippen molar-refractivity contribution in [2.45, 2.75) is 19.8 Å². The largest absolute Gasteiger partial charge is 0.376 e. The van der Waals surface area contributed by atoms with Crippen LogP contribution in [0.2, 0.25) is 0 Å². The fourth-order valence-corrected chi connectivity index (χ4v) is 2.22. The number of carbonyl (C=O) groups excluding carboxylic acids is 1. The third-order valence-corrected chi connectivity index (χ3v) is 3.34. The Morgan fingerprint density at radius 2 is 1.73 bits per heavy atom. The normalized spacial score (nSPS) is 10.1. The quantitative estimate of drug-likeness (QED) is 0.882. The van der Waals surface area contributed by atoms with E-state index in [1.165, 1.54) is 5.56 Å². The number of benzene rings is 2. The smallest absolute Gasteiger partial charge is 0.243 e. The van der Waals surface area contributed by atoms with Gasteiger partial charge in [-0.15, -0.1) is 0 Å². The molecule has 0 atom stereocenters. The van der Waals surface area contributed by atoms with Gasteiger partial charge in [-0.05, 0) is 29.7 Å². The number of para-hydroxylation sites is 2. The monoisotopic (exact) mass is 293 g/mol. The van der Waals surface area contributed by atoms with E-state index in [1.54, 1.807) is 24.3 Å². The zero-order valence-corrected chi connectivity index (χ0v) is 12.8. The summed E-state index contributed by atoms with van der Waals surface area (Å²) < 4.78 is 0. The molecule has 0 aliphatic carbocycles. The molecule has 1 amide bonds. The third kappa shape index (κ3) is 3.86. The summed E-state index contributed by atoms with van der Waals surface area (Å²) in [6, 6.07) is 17.0. The second-order valence-electron chi connectivity index (χ2n) is 5.30. The molecule has 0 bridgehead atoms. The minimum atomic E-state index is -0.179. The summed E-state index contributed by atoms with van der Waals surface area (Å²) in [4.78, 5) is 12.1. The molecule has 0 unspecified atom stereocenters. The summed E-state index contributed by atoms with van der Waals surface area (Å²) in [5.41, 5.74) is 3.13. The minimum absolute atomic E-state index is 0.156. The van der Waals surface area contributed by atoms with E-state index in [0.29, 0.717) is 17.2 Å². The Kier molecular flexibility index (Phi) is 5.16. The van der Waals surface area contributed by atoms with Crippen LogP contribution in [0.25, 0.3) is 0 Å². The number of hydrogen-bond acceptors (Lipinski definition) is 3. The van der Waals surface area contributed by atoms with Gasteiger partial charge >= 0.3 is 0 Å². The fraction of sp³-hybridized carbons (Fsp3) is 0.222. The lowest BCUT2D eigenvalue weighted by Crippen LogP contribution is -2.22. The van der Waals surface area contributed by atoms with E-state index in [9.17, 15) is 4.79 Å².